The van der Waals surface area contributed by atoms with Crippen molar-refractivity contribution in [2.24, 2.45) is 0 Å². The zero-order valence-corrected chi connectivity index (χ0v) is 12.9. The van der Waals surface area contributed by atoms with Crippen LogP contribution in [0.1, 0.15) is 39.0 Å². The van der Waals surface area contributed by atoms with Crippen molar-refractivity contribution in [1.82, 2.24) is 4.57 Å². The van der Waals surface area contributed by atoms with Crippen molar-refractivity contribution in [1.29, 1.82) is 0 Å². The van der Waals surface area contributed by atoms with E-state index in [0.29, 0.717) is 21.8 Å². The van der Waals surface area contributed by atoms with Gasteiger partial charge in [0.2, 0.25) is 0 Å². The minimum atomic E-state index is -0.547. The van der Waals surface area contributed by atoms with E-state index in [1.165, 1.54) is 4.57 Å². The number of aromatic nitrogens is 1. The Hall–Kier alpha value is -2.07. The molecule has 2 rings (SSSR count). The molecule has 0 N–H and O–H groups in total. The molecule has 0 bridgehead atoms. The Labute approximate surface area is 128 Å². The lowest BCUT2D eigenvalue weighted by Crippen LogP contribution is -2.21. The van der Waals surface area contributed by atoms with Crippen molar-refractivity contribution in [3.8, 4) is 0 Å². The van der Waals surface area contributed by atoms with Crippen LogP contribution in [0.5, 0.6) is 0 Å². The normalized spacial score (nSPS) is 10.5. The second kappa shape index (κ2) is 6.14. The van der Waals surface area contributed by atoms with Gasteiger partial charge in [-0.1, -0.05) is 29.8 Å². The molecule has 21 heavy (non-hydrogen) atoms. The zero-order chi connectivity index (χ0) is 15.6. The molecule has 1 aromatic heterocycles. The minimum absolute atomic E-state index is 0.188. The van der Waals surface area contributed by atoms with Crippen LogP contribution in [0.3, 0.4) is 0 Å². The largest absolute Gasteiger partial charge is 0.461 e. The van der Waals surface area contributed by atoms with Gasteiger partial charge in [0.25, 0.3) is 5.91 Å². The maximum Gasteiger partial charge on any atom is 0.355 e. The van der Waals surface area contributed by atoms with Crippen molar-refractivity contribution >= 4 is 23.5 Å². The van der Waals surface area contributed by atoms with E-state index in [2.05, 4.69) is 0 Å². The van der Waals surface area contributed by atoms with Crippen LogP contribution in [0, 0.1) is 13.8 Å². The lowest BCUT2D eigenvalue weighted by molar-refractivity contribution is 0.0508. The first kappa shape index (κ1) is 15.3. The van der Waals surface area contributed by atoms with E-state index in [9.17, 15) is 9.59 Å². The molecule has 0 aliphatic rings. The van der Waals surface area contributed by atoms with Gasteiger partial charge in [-0.2, -0.15) is 0 Å². The molecule has 0 aliphatic heterocycles. The summed E-state index contributed by atoms with van der Waals surface area (Å²) in [5.41, 5.74) is 1.76. The zero-order valence-electron chi connectivity index (χ0n) is 12.1. The van der Waals surface area contributed by atoms with Gasteiger partial charge in [0, 0.05) is 16.8 Å². The van der Waals surface area contributed by atoms with Crippen LogP contribution in [0.15, 0.2) is 30.3 Å². The predicted molar refractivity (Wildman–Crippen MR) is 81.0 cm³/mol. The molecule has 0 unspecified atom stereocenters. The molecule has 0 fully saturated rings. The molecule has 0 aliphatic carbocycles. The minimum Gasteiger partial charge on any atom is -0.461 e. The van der Waals surface area contributed by atoms with Crippen LogP contribution in [0.2, 0.25) is 5.02 Å². The Morgan fingerprint density at radius 2 is 1.81 bits per heavy atom. The van der Waals surface area contributed by atoms with Crippen LogP contribution < -0.4 is 0 Å². The van der Waals surface area contributed by atoms with E-state index in [4.69, 9.17) is 16.3 Å². The molecular formula is C16H16ClNO3. The van der Waals surface area contributed by atoms with Gasteiger partial charge in [0.05, 0.1) is 11.6 Å². The van der Waals surface area contributed by atoms with E-state index in [1.54, 1.807) is 45.0 Å². The second-order valence-electron chi connectivity index (χ2n) is 4.60. The molecule has 0 spiro atoms. The van der Waals surface area contributed by atoms with Crippen molar-refractivity contribution in [3.05, 3.63) is 57.9 Å². The number of ether oxygens (including phenoxy) is 1. The van der Waals surface area contributed by atoms with E-state index in [0.717, 1.165) is 0 Å². The van der Waals surface area contributed by atoms with E-state index < -0.39 is 5.97 Å². The molecule has 0 radical (unpaired) electrons. The maximum absolute atomic E-state index is 12.7. The molecule has 1 aromatic carbocycles. The van der Waals surface area contributed by atoms with Crippen molar-refractivity contribution in [2.45, 2.75) is 20.8 Å². The Bertz CT molecular complexity index is 689. The number of esters is 1. The maximum atomic E-state index is 12.7. The Balaban J connectivity index is 2.60. The SMILES string of the molecule is CCOC(=O)c1c(C)c(Cl)c(C)n1C(=O)c1ccccc1. The number of carbonyl (C=O) groups excluding carboxylic acids is 2. The summed E-state index contributed by atoms with van der Waals surface area (Å²) >= 11 is 6.20. The number of nitrogens with zero attached hydrogens (tertiary/aromatic N) is 1. The van der Waals surface area contributed by atoms with Crippen LogP contribution in [-0.2, 0) is 4.74 Å². The molecule has 5 heteroatoms. The Kier molecular flexibility index (Phi) is 4.48. The molecular weight excluding hydrogens is 290 g/mol. The number of rotatable bonds is 3. The lowest BCUT2D eigenvalue weighted by Gasteiger charge is -2.10. The monoisotopic (exact) mass is 305 g/mol. The highest BCUT2D eigenvalue weighted by molar-refractivity contribution is 6.33. The Morgan fingerprint density at radius 3 is 2.38 bits per heavy atom. The lowest BCUT2D eigenvalue weighted by atomic mass is 10.2. The van der Waals surface area contributed by atoms with Gasteiger partial charge in [0.15, 0.2) is 0 Å². The first-order chi connectivity index (χ1) is 9.99. The third-order valence-corrected chi connectivity index (χ3v) is 3.81. The first-order valence-electron chi connectivity index (χ1n) is 6.63. The summed E-state index contributed by atoms with van der Waals surface area (Å²) in [7, 11) is 0. The fourth-order valence-corrected chi connectivity index (χ4v) is 2.39. The summed E-state index contributed by atoms with van der Waals surface area (Å²) < 4.78 is 6.36. The molecule has 0 amide bonds. The van der Waals surface area contributed by atoms with Gasteiger partial charge >= 0.3 is 5.97 Å². The Morgan fingerprint density at radius 1 is 1.19 bits per heavy atom. The summed E-state index contributed by atoms with van der Waals surface area (Å²) in [6.07, 6.45) is 0. The smallest absolute Gasteiger partial charge is 0.355 e. The average Bonchev–Trinajstić information content (AvgIpc) is 2.72. The van der Waals surface area contributed by atoms with Gasteiger partial charge in [-0.3, -0.25) is 9.36 Å². The molecule has 1 heterocycles. The number of halogens is 1. The second-order valence-corrected chi connectivity index (χ2v) is 4.98. The molecule has 2 aromatic rings. The van der Waals surface area contributed by atoms with Crippen molar-refractivity contribution in [3.63, 3.8) is 0 Å². The number of benzene rings is 1. The summed E-state index contributed by atoms with van der Waals surface area (Å²) in [6, 6.07) is 8.75. The molecule has 0 atom stereocenters. The number of hydrogen-bond acceptors (Lipinski definition) is 3. The van der Waals surface area contributed by atoms with Crippen LogP contribution in [0.4, 0.5) is 0 Å². The summed E-state index contributed by atoms with van der Waals surface area (Å²) in [5, 5.41) is 0.405. The van der Waals surface area contributed by atoms with Crippen molar-refractivity contribution in [2.75, 3.05) is 6.61 Å². The van der Waals surface area contributed by atoms with Gasteiger partial charge in [-0.05, 0) is 32.9 Å². The third-order valence-electron chi connectivity index (χ3n) is 3.25. The summed E-state index contributed by atoms with van der Waals surface area (Å²) in [4.78, 5) is 24.8. The average molecular weight is 306 g/mol. The topological polar surface area (TPSA) is 48.3 Å². The third kappa shape index (κ3) is 2.72. The van der Waals surface area contributed by atoms with Crippen LogP contribution >= 0.6 is 11.6 Å². The quantitative estimate of drug-likeness (QED) is 0.814. The fraction of sp³-hybridized carbons (Fsp3) is 0.250. The van der Waals surface area contributed by atoms with Gasteiger partial charge in [-0.25, -0.2) is 4.79 Å². The highest BCUT2D eigenvalue weighted by Gasteiger charge is 2.26. The number of carbonyl (C=O) groups is 2. The van der Waals surface area contributed by atoms with Gasteiger partial charge in [-0.15, -0.1) is 0 Å². The van der Waals surface area contributed by atoms with Crippen LogP contribution in [-0.4, -0.2) is 23.1 Å². The summed E-state index contributed by atoms with van der Waals surface area (Å²) in [6.45, 7) is 5.36. The molecule has 0 saturated heterocycles. The molecule has 4 nitrogen and oxygen atoms in total. The predicted octanol–water partition coefficient (Wildman–Crippen LogP) is 3.62. The van der Waals surface area contributed by atoms with E-state index >= 15 is 0 Å². The summed E-state index contributed by atoms with van der Waals surface area (Å²) in [5.74, 6) is -0.847. The fourth-order valence-electron chi connectivity index (χ4n) is 2.22. The van der Waals surface area contributed by atoms with Gasteiger partial charge in [0.1, 0.15) is 5.69 Å². The molecule has 0 saturated carbocycles. The van der Waals surface area contributed by atoms with E-state index in [1.807, 2.05) is 6.07 Å². The standard InChI is InChI=1S/C16H16ClNO3/c1-4-21-16(20)14-10(2)13(17)11(3)18(14)15(19)12-8-6-5-7-9-12/h5-9H,4H2,1-3H3. The van der Waals surface area contributed by atoms with Gasteiger partial charge < -0.3 is 4.74 Å². The highest BCUT2D eigenvalue weighted by Crippen LogP contribution is 2.28. The van der Waals surface area contributed by atoms with Crippen LogP contribution in [0.25, 0.3) is 0 Å². The van der Waals surface area contributed by atoms with E-state index in [-0.39, 0.29) is 18.2 Å². The first-order valence-corrected chi connectivity index (χ1v) is 7.01. The molecule has 110 valence electrons. The highest BCUT2D eigenvalue weighted by atomic mass is 35.5. The number of hydrogen-bond donors (Lipinski definition) is 0. The van der Waals surface area contributed by atoms with Crippen molar-refractivity contribution < 1.29 is 14.3 Å².